The summed E-state index contributed by atoms with van der Waals surface area (Å²) in [6.45, 7) is 1.75. The van der Waals surface area contributed by atoms with Gasteiger partial charge >= 0.3 is 0 Å². The van der Waals surface area contributed by atoms with Crippen molar-refractivity contribution in [3.63, 3.8) is 0 Å². The molecule has 8 heteroatoms. The summed E-state index contributed by atoms with van der Waals surface area (Å²) in [6, 6.07) is 9.15. The second kappa shape index (κ2) is 7.01. The van der Waals surface area contributed by atoms with Crippen LogP contribution in [-0.4, -0.2) is 21.1 Å². The van der Waals surface area contributed by atoms with Crippen molar-refractivity contribution in [3.8, 4) is 0 Å². The second-order valence-electron chi connectivity index (χ2n) is 5.08. The van der Waals surface area contributed by atoms with Crippen LogP contribution in [0.3, 0.4) is 0 Å². The molecule has 0 spiro atoms. The third-order valence-corrected chi connectivity index (χ3v) is 4.80. The summed E-state index contributed by atoms with van der Waals surface area (Å²) in [5.74, 6) is -0.714. The Hall–Kier alpha value is -1.76. The number of rotatable bonds is 4. The van der Waals surface area contributed by atoms with Gasteiger partial charge in [-0.2, -0.15) is 0 Å². The van der Waals surface area contributed by atoms with Crippen molar-refractivity contribution in [2.45, 2.75) is 17.3 Å². The fourth-order valence-electron chi connectivity index (χ4n) is 2.06. The minimum atomic E-state index is -0.457. The lowest BCUT2D eigenvalue weighted by molar-refractivity contribution is -0.115. The van der Waals surface area contributed by atoms with E-state index in [-0.39, 0.29) is 10.9 Å². The molecule has 0 saturated carbocycles. The van der Waals surface area contributed by atoms with Gasteiger partial charge in [-0.15, -0.1) is 0 Å². The molecule has 1 heterocycles. The number of carbonyl (C=O) groups is 1. The van der Waals surface area contributed by atoms with E-state index in [0.29, 0.717) is 15.9 Å². The Kier molecular flexibility index (Phi) is 4.99. The quantitative estimate of drug-likeness (QED) is 0.614. The maximum absolute atomic E-state index is 13.0. The lowest BCUT2D eigenvalue weighted by Gasteiger charge is -2.11. The Morgan fingerprint density at radius 3 is 2.83 bits per heavy atom. The maximum Gasteiger partial charge on any atom is 0.237 e. The van der Waals surface area contributed by atoms with E-state index in [1.807, 2.05) is 0 Å². The van der Waals surface area contributed by atoms with Gasteiger partial charge in [-0.3, -0.25) is 4.79 Å². The zero-order valence-corrected chi connectivity index (χ0v) is 14.8. The molecule has 2 N–H and O–H groups in total. The van der Waals surface area contributed by atoms with E-state index in [0.717, 1.165) is 17.1 Å². The van der Waals surface area contributed by atoms with Gasteiger partial charge in [0.2, 0.25) is 5.91 Å². The minimum Gasteiger partial charge on any atom is -0.333 e. The molecule has 24 heavy (non-hydrogen) atoms. The third-order valence-electron chi connectivity index (χ3n) is 3.27. The zero-order chi connectivity index (χ0) is 17.3. The number of nitrogens with zero attached hydrogens (tertiary/aromatic N) is 1. The standard InChI is InChI=1S/C16H12Cl2FN3OS/c1-8(15(23)20-12-5-3-10(19)7-11(12)18)24-16-21-13-4-2-9(17)6-14(13)22-16/h2-8H,1H3,(H,20,23)(H,21,22)/t8-/m1/s1. The van der Waals surface area contributed by atoms with Gasteiger partial charge in [0.1, 0.15) is 5.82 Å². The molecule has 124 valence electrons. The molecule has 0 saturated heterocycles. The number of aromatic nitrogens is 2. The molecule has 2 aromatic carbocycles. The van der Waals surface area contributed by atoms with Crippen LogP contribution >= 0.6 is 35.0 Å². The molecule has 1 amide bonds. The van der Waals surface area contributed by atoms with Crippen LogP contribution in [0.15, 0.2) is 41.6 Å². The summed E-state index contributed by atoms with van der Waals surface area (Å²) in [6.07, 6.45) is 0. The van der Waals surface area contributed by atoms with Crippen molar-refractivity contribution < 1.29 is 9.18 Å². The normalized spacial score (nSPS) is 12.3. The van der Waals surface area contributed by atoms with Crippen molar-refractivity contribution in [2.24, 2.45) is 0 Å². The molecule has 0 unspecified atom stereocenters. The van der Waals surface area contributed by atoms with Crippen LogP contribution in [0.25, 0.3) is 11.0 Å². The number of carbonyl (C=O) groups excluding carboxylic acids is 1. The van der Waals surface area contributed by atoms with E-state index in [9.17, 15) is 9.18 Å². The van der Waals surface area contributed by atoms with E-state index in [1.54, 1.807) is 25.1 Å². The molecule has 1 atom stereocenters. The summed E-state index contributed by atoms with van der Waals surface area (Å²) in [5, 5.41) is 3.62. The van der Waals surface area contributed by atoms with Gasteiger partial charge in [0.25, 0.3) is 0 Å². The van der Waals surface area contributed by atoms with Gasteiger partial charge in [-0.1, -0.05) is 35.0 Å². The molecule has 0 aliphatic carbocycles. The Morgan fingerprint density at radius 1 is 1.29 bits per heavy atom. The number of fused-ring (bicyclic) bond motifs is 1. The molecule has 3 aromatic rings. The van der Waals surface area contributed by atoms with Crippen LogP contribution in [0.4, 0.5) is 10.1 Å². The Bertz CT molecular complexity index is 915. The highest BCUT2D eigenvalue weighted by molar-refractivity contribution is 8.00. The van der Waals surface area contributed by atoms with Gasteiger partial charge in [0.15, 0.2) is 5.16 Å². The zero-order valence-electron chi connectivity index (χ0n) is 12.4. The summed E-state index contributed by atoms with van der Waals surface area (Å²) in [7, 11) is 0. The number of hydrogen-bond acceptors (Lipinski definition) is 3. The first-order valence-corrected chi connectivity index (χ1v) is 8.64. The van der Waals surface area contributed by atoms with Crippen LogP contribution < -0.4 is 5.32 Å². The van der Waals surface area contributed by atoms with Gasteiger partial charge in [0, 0.05) is 5.02 Å². The van der Waals surface area contributed by atoms with Crippen LogP contribution in [-0.2, 0) is 4.79 Å². The predicted molar refractivity (Wildman–Crippen MR) is 96.5 cm³/mol. The number of amides is 1. The van der Waals surface area contributed by atoms with E-state index in [1.165, 1.54) is 23.9 Å². The molecule has 0 radical (unpaired) electrons. The average Bonchev–Trinajstić information content (AvgIpc) is 2.91. The van der Waals surface area contributed by atoms with Crippen molar-refractivity contribution >= 4 is 57.6 Å². The number of benzene rings is 2. The van der Waals surface area contributed by atoms with Gasteiger partial charge < -0.3 is 10.3 Å². The number of hydrogen-bond donors (Lipinski definition) is 2. The Labute approximate surface area is 151 Å². The summed E-state index contributed by atoms with van der Waals surface area (Å²) < 4.78 is 13.0. The Morgan fingerprint density at radius 2 is 2.08 bits per heavy atom. The molecule has 3 rings (SSSR count). The number of H-pyrrole nitrogens is 1. The van der Waals surface area contributed by atoms with Gasteiger partial charge in [0.05, 0.1) is 27.0 Å². The van der Waals surface area contributed by atoms with Crippen LogP contribution in [0.2, 0.25) is 10.0 Å². The molecule has 0 bridgehead atoms. The molecule has 0 fully saturated rings. The molecule has 0 aliphatic rings. The summed E-state index contributed by atoms with van der Waals surface area (Å²) >= 11 is 13.1. The number of anilines is 1. The SMILES string of the molecule is C[C@@H](Sc1nc2ccc(Cl)cc2[nH]1)C(=O)Nc1ccc(F)cc1Cl. The second-order valence-corrected chi connectivity index (χ2v) is 7.25. The number of nitrogens with one attached hydrogen (secondary N) is 2. The highest BCUT2D eigenvalue weighted by Gasteiger charge is 2.18. The lowest BCUT2D eigenvalue weighted by atomic mass is 10.3. The maximum atomic E-state index is 13.0. The monoisotopic (exact) mass is 383 g/mol. The fraction of sp³-hybridized carbons (Fsp3) is 0.125. The summed E-state index contributed by atoms with van der Waals surface area (Å²) in [4.78, 5) is 19.8. The van der Waals surface area contributed by atoms with Crippen molar-refractivity contribution in [1.29, 1.82) is 0 Å². The molecule has 4 nitrogen and oxygen atoms in total. The minimum absolute atomic E-state index is 0.152. The van der Waals surface area contributed by atoms with E-state index < -0.39 is 11.1 Å². The molecule has 0 aliphatic heterocycles. The van der Waals surface area contributed by atoms with E-state index in [2.05, 4.69) is 15.3 Å². The summed E-state index contributed by atoms with van der Waals surface area (Å²) in [5.41, 5.74) is 1.95. The number of aromatic amines is 1. The molecular formula is C16H12Cl2FN3OS. The largest absolute Gasteiger partial charge is 0.333 e. The van der Waals surface area contributed by atoms with Crippen LogP contribution in [0.5, 0.6) is 0 Å². The molecule has 1 aromatic heterocycles. The topological polar surface area (TPSA) is 57.8 Å². The van der Waals surface area contributed by atoms with Crippen molar-refractivity contribution in [1.82, 2.24) is 9.97 Å². The van der Waals surface area contributed by atoms with Crippen molar-refractivity contribution in [2.75, 3.05) is 5.32 Å². The number of imidazole rings is 1. The smallest absolute Gasteiger partial charge is 0.237 e. The average molecular weight is 384 g/mol. The first kappa shape index (κ1) is 17.1. The number of halogens is 3. The predicted octanol–water partition coefficient (Wildman–Crippen LogP) is 5.13. The fourth-order valence-corrected chi connectivity index (χ4v) is 3.27. The first-order chi connectivity index (χ1) is 11.4. The van der Waals surface area contributed by atoms with Crippen LogP contribution in [0, 0.1) is 5.82 Å². The van der Waals surface area contributed by atoms with E-state index in [4.69, 9.17) is 23.2 Å². The van der Waals surface area contributed by atoms with E-state index >= 15 is 0 Å². The number of thioether (sulfide) groups is 1. The highest BCUT2D eigenvalue weighted by Crippen LogP contribution is 2.27. The van der Waals surface area contributed by atoms with Gasteiger partial charge in [-0.05, 0) is 43.3 Å². The third kappa shape index (κ3) is 3.83. The van der Waals surface area contributed by atoms with Crippen LogP contribution in [0.1, 0.15) is 6.92 Å². The Balaban J connectivity index is 1.70. The van der Waals surface area contributed by atoms with Crippen molar-refractivity contribution in [3.05, 3.63) is 52.3 Å². The first-order valence-electron chi connectivity index (χ1n) is 7.00. The van der Waals surface area contributed by atoms with Gasteiger partial charge in [-0.25, -0.2) is 9.37 Å². The molecular weight excluding hydrogens is 372 g/mol. The highest BCUT2D eigenvalue weighted by atomic mass is 35.5. The lowest BCUT2D eigenvalue weighted by Crippen LogP contribution is -2.22.